The molecular weight excluding hydrogens is 526 g/mol. The van der Waals surface area contributed by atoms with Crippen molar-refractivity contribution in [3.8, 4) is 22.6 Å². The van der Waals surface area contributed by atoms with Gasteiger partial charge in [0, 0.05) is 46.1 Å². The lowest BCUT2D eigenvalue weighted by molar-refractivity contribution is 1.03. The zero-order valence-corrected chi connectivity index (χ0v) is 23.3. The quantitative estimate of drug-likeness (QED) is 0.249. The predicted molar refractivity (Wildman–Crippen MR) is 175 cm³/mol. The molecule has 0 fully saturated rings. The third kappa shape index (κ3) is 4.53. The molecule has 5 heteroatoms. The maximum Gasteiger partial charge on any atom is 0.140 e. The second kappa shape index (κ2) is 10.5. The summed E-state index contributed by atoms with van der Waals surface area (Å²) in [5.74, 6) is 1.71. The Morgan fingerprint density at radius 3 is 1.77 bits per heavy atom. The number of rotatable bonds is 5. The predicted octanol–water partition coefficient (Wildman–Crippen LogP) is 7.02. The van der Waals surface area contributed by atoms with E-state index in [1.165, 1.54) is 0 Å². The highest BCUT2D eigenvalue weighted by Crippen LogP contribution is 2.23. The van der Waals surface area contributed by atoms with E-state index in [1.807, 2.05) is 36.4 Å². The molecule has 5 nitrogen and oxygen atoms in total. The van der Waals surface area contributed by atoms with Crippen molar-refractivity contribution in [2.45, 2.75) is 0 Å². The lowest BCUT2D eigenvalue weighted by Crippen LogP contribution is -2.12. The van der Waals surface area contributed by atoms with Crippen LogP contribution in [0.25, 0.3) is 56.6 Å². The number of imidazole rings is 2. The van der Waals surface area contributed by atoms with E-state index in [1.54, 1.807) is 0 Å². The van der Waals surface area contributed by atoms with Gasteiger partial charge in [0.2, 0.25) is 0 Å². The van der Waals surface area contributed by atoms with Gasteiger partial charge in [0.05, 0.1) is 27.4 Å². The van der Waals surface area contributed by atoms with E-state index in [2.05, 4.69) is 136 Å². The van der Waals surface area contributed by atoms with E-state index < -0.39 is 0 Å². The molecule has 0 radical (unpaired) electrons. The molecule has 5 aromatic carbocycles. The van der Waals surface area contributed by atoms with Crippen molar-refractivity contribution in [3.05, 3.63) is 168 Å². The average Bonchev–Trinajstić information content (AvgIpc) is 3.76. The first-order valence-electron chi connectivity index (χ1n) is 14.4. The first-order valence-corrected chi connectivity index (χ1v) is 14.4. The van der Waals surface area contributed by atoms with Crippen LogP contribution >= 0.6 is 0 Å². The van der Waals surface area contributed by atoms with Gasteiger partial charge in [0.1, 0.15) is 11.6 Å². The van der Waals surface area contributed by atoms with E-state index in [9.17, 15) is 0 Å². The number of hydrogen-bond acceptors (Lipinski definition) is 2. The second-order valence-corrected chi connectivity index (χ2v) is 10.5. The number of fused-ring (bicyclic) bond motifs is 2. The molecule has 0 aliphatic rings. The molecule has 0 aliphatic carbocycles. The summed E-state index contributed by atoms with van der Waals surface area (Å²) in [7, 11) is 0. The number of nitrogens with zero attached hydrogens (tertiary/aromatic N) is 4. The fourth-order valence-electron chi connectivity index (χ4n) is 5.75. The minimum atomic E-state index is 0.847. The summed E-state index contributed by atoms with van der Waals surface area (Å²) < 4.78 is 4.36. The van der Waals surface area contributed by atoms with Gasteiger partial charge < -0.3 is 4.98 Å². The molecule has 0 atom stereocenters. The molecule has 204 valence electrons. The van der Waals surface area contributed by atoms with E-state index in [0.29, 0.717) is 0 Å². The Morgan fingerprint density at radius 2 is 1.07 bits per heavy atom. The van der Waals surface area contributed by atoms with Gasteiger partial charge in [-0.1, -0.05) is 103 Å². The zero-order chi connectivity index (χ0) is 28.6. The summed E-state index contributed by atoms with van der Waals surface area (Å²) in [5, 5.41) is 4.24. The van der Waals surface area contributed by atoms with Crippen LogP contribution in [0.4, 0.5) is 0 Å². The molecule has 0 aliphatic heterocycles. The smallest absolute Gasteiger partial charge is 0.140 e. The monoisotopic (exact) mass is 553 g/mol. The normalized spacial score (nSPS) is 12.5. The van der Waals surface area contributed by atoms with Crippen molar-refractivity contribution >= 4 is 34.0 Å². The molecule has 3 aromatic heterocycles. The number of para-hydroxylation sites is 4. The van der Waals surface area contributed by atoms with Crippen LogP contribution < -0.4 is 10.7 Å². The van der Waals surface area contributed by atoms with Crippen LogP contribution in [0.1, 0.15) is 11.6 Å². The van der Waals surface area contributed by atoms with E-state index in [4.69, 9.17) is 9.97 Å². The Bertz CT molecular complexity index is 2330. The van der Waals surface area contributed by atoms with Crippen LogP contribution in [0, 0.1) is 0 Å². The number of aromatic amines is 1. The Morgan fingerprint density at radius 1 is 0.512 bits per heavy atom. The summed E-state index contributed by atoms with van der Waals surface area (Å²) in [4.78, 5) is 13.9. The van der Waals surface area contributed by atoms with Crippen molar-refractivity contribution in [2.24, 2.45) is 0 Å². The van der Waals surface area contributed by atoms with Crippen LogP contribution in [0.2, 0.25) is 0 Å². The second-order valence-electron chi connectivity index (χ2n) is 10.5. The van der Waals surface area contributed by atoms with Crippen molar-refractivity contribution < 1.29 is 0 Å². The molecule has 0 amide bonds. The summed E-state index contributed by atoms with van der Waals surface area (Å²) in [6.45, 7) is 0. The SMILES string of the molecule is C(/c1nc(-c2ccccc2)cn1-c1ccccc1)=c1/[nH]/c(=C\c2nc3ccccc3n2-c2ccccc2)c2ccccc12. The molecular formula is C38H27N5. The Hall–Kier alpha value is -5.94. The number of nitrogens with one attached hydrogen (secondary N) is 1. The van der Waals surface area contributed by atoms with E-state index in [-0.39, 0.29) is 0 Å². The van der Waals surface area contributed by atoms with Crippen LogP contribution in [0.3, 0.4) is 0 Å². The molecule has 3 heterocycles. The van der Waals surface area contributed by atoms with Crippen LogP contribution in [0.5, 0.6) is 0 Å². The Kier molecular flexibility index (Phi) is 6.05. The molecule has 0 saturated heterocycles. The highest BCUT2D eigenvalue weighted by atomic mass is 15.1. The average molecular weight is 554 g/mol. The first-order chi connectivity index (χ1) is 21.3. The van der Waals surface area contributed by atoms with E-state index in [0.717, 1.165) is 66.8 Å². The molecule has 0 saturated carbocycles. The van der Waals surface area contributed by atoms with Crippen LogP contribution in [0.15, 0.2) is 146 Å². The van der Waals surface area contributed by atoms with Gasteiger partial charge in [-0.25, -0.2) is 9.97 Å². The minimum absolute atomic E-state index is 0.847. The maximum absolute atomic E-state index is 5.10. The maximum atomic E-state index is 5.10. The first kappa shape index (κ1) is 24.8. The van der Waals surface area contributed by atoms with Gasteiger partial charge in [0.15, 0.2) is 0 Å². The fourth-order valence-corrected chi connectivity index (χ4v) is 5.75. The zero-order valence-electron chi connectivity index (χ0n) is 23.3. The largest absolute Gasteiger partial charge is 0.354 e. The summed E-state index contributed by atoms with van der Waals surface area (Å²) in [6, 6.07) is 47.8. The lowest BCUT2D eigenvalue weighted by Gasteiger charge is -2.06. The molecule has 43 heavy (non-hydrogen) atoms. The summed E-state index contributed by atoms with van der Waals surface area (Å²) in [5.41, 5.74) is 6.16. The van der Waals surface area contributed by atoms with Gasteiger partial charge in [-0.05, 0) is 36.4 Å². The Balaban J connectivity index is 1.36. The third-order valence-electron chi connectivity index (χ3n) is 7.76. The molecule has 0 bridgehead atoms. The summed E-state index contributed by atoms with van der Waals surface area (Å²) in [6.07, 6.45) is 6.39. The summed E-state index contributed by atoms with van der Waals surface area (Å²) >= 11 is 0. The molecule has 0 unspecified atom stereocenters. The number of benzene rings is 5. The van der Waals surface area contributed by atoms with Crippen molar-refractivity contribution in [3.63, 3.8) is 0 Å². The number of hydrogen-bond donors (Lipinski definition) is 1. The van der Waals surface area contributed by atoms with Gasteiger partial charge in [0.25, 0.3) is 0 Å². The van der Waals surface area contributed by atoms with E-state index >= 15 is 0 Å². The third-order valence-corrected chi connectivity index (χ3v) is 7.76. The van der Waals surface area contributed by atoms with Crippen molar-refractivity contribution in [1.29, 1.82) is 0 Å². The standard InChI is InChI=1S/C38H27N5/c1-4-14-27(15-5-1)35-26-42(28-16-6-2-7-17-28)37(41-35)24-33-30-20-10-11-21-31(30)34(39-33)25-38-40-32-22-12-13-23-36(32)43(38)29-18-8-3-9-19-29/h1-26,39H/b33-24-,34-25-. The fraction of sp³-hybridized carbons (Fsp3) is 0. The van der Waals surface area contributed by atoms with Gasteiger partial charge in [-0.15, -0.1) is 0 Å². The van der Waals surface area contributed by atoms with Crippen molar-refractivity contribution in [1.82, 2.24) is 24.1 Å². The molecule has 1 N–H and O–H groups in total. The highest BCUT2D eigenvalue weighted by molar-refractivity contribution is 5.86. The van der Waals surface area contributed by atoms with Crippen LogP contribution in [-0.4, -0.2) is 24.1 Å². The molecule has 0 spiro atoms. The minimum Gasteiger partial charge on any atom is -0.354 e. The van der Waals surface area contributed by atoms with Gasteiger partial charge in [-0.3, -0.25) is 9.13 Å². The highest BCUT2D eigenvalue weighted by Gasteiger charge is 2.13. The van der Waals surface area contributed by atoms with Crippen LogP contribution in [-0.2, 0) is 0 Å². The van der Waals surface area contributed by atoms with Crippen molar-refractivity contribution in [2.75, 3.05) is 0 Å². The van der Waals surface area contributed by atoms with Gasteiger partial charge in [-0.2, -0.15) is 0 Å². The Labute approximate surface area is 248 Å². The number of H-pyrrole nitrogens is 1. The lowest BCUT2D eigenvalue weighted by atomic mass is 10.2. The molecule has 8 rings (SSSR count). The van der Waals surface area contributed by atoms with Gasteiger partial charge >= 0.3 is 0 Å². The topological polar surface area (TPSA) is 51.4 Å². The molecule has 8 aromatic rings. The number of aromatic nitrogens is 5.